The molecule has 86 valence electrons. The first-order valence-corrected chi connectivity index (χ1v) is 6.21. The predicted octanol–water partition coefficient (Wildman–Crippen LogP) is 3.92. The summed E-state index contributed by atoms with van der Waals surface area (Å²) in [6.45, 7) is 6.36. The SMILES string of the molecule is Cc1ccc(C(=O)C2CCCC2C)cc1C. The van der Waals surface area contributed by atoms with E-state index in [1.807, 2.05) is 12.1 Å². The molecule has 0 N–H and O–H groups in total. The van der Waals surface area contributed by atoms with Crippen LogP contribution < -0.4 is 0 Å². The van der Waals surface area contributed by atoms with Crippen molar-refractivity contribution < 1.29 is 4.79 Å². The molecule has 0 aromatic heterocycles. The summed E-state index contributed by atoms with van der Waals surface area (Å²) in [6, 6.07) is 6.08. The van der Waals surface area contributed by atoms with Gasteiger partial charge in [-0.15, -0.1) is 0 Å². The summed E-state index contributed by atoms with van der Waals surface area (Å²) in [7, 11) is 0. The summed E-state index contributed by atoms with van der Waals surface area (Å²) in [6.07, 6.45) is 3.50. The van der Waals surface area contributed by atoms with E-state index in [1.165, 1.54) is 24.0 Å². The summed E-state index contributed by atoms with van der Waals surface area (Å²) in [4.78, 5) is 12.3. The van der Waals surface area contributed by atoms with Crippen LogP contribution in [0.15, 0.2) is 18.2 Å². The standard InChI is InChI=1S/C15H20O/c1-10-7-8-13(9-12(10)3)15(16)14-6-4-5-11(14)2/h7-9,11,14H,4-6H2,1-3H3. The van der Waals surface area contributed by atoms with Crippen LogP contribution in [0.2, 0.25) is 0 Å². The summed E-state index contributed by atoms with van der Waals surface area (Å²) < 4.78 is 0. The Labute approximate surface area is 97.9 Å². The molecule has 0 aliphatic heterocycles. The predicted molar refractivity (Wildman–Crippen MR) is 66.8 cm³/mol. The first kappa shape index (κ1) is 11.4. The van der Waals surface area contributed by atoms with E-state index in [0.29, 0.717) is 11.7 Å². The number of rotatable bonds is 2. The Balaban J connectivity index is 2.23. The van der Waals surface area contributed by atoms with Gasteiger partial charge in [0.2, 0.25) is 0 Å². The lowest BCUT2D eigenvalue weighted by Crippen LogP contribution is -2.17. The highest BCUT2D eigenvalue weighted by Gasteiger charge is 2.30. The molecular weight excluding hydrogens is 196 g/mol. The maximum absolute atomic E-state index is 12.3. The zero-order chi connectivity index (χ0) is 11.7. The Morgan fingerprint density at radius 2 is 1.94 bits per heavy atom. The average molecular weight is 216 g/mol. The monoisotopic (exact) mass is 216 g/mol. The maximum atomic E-state index is 12.3. The second kappa shape index (κ2) is 4.40. The van der Waals surface area contributed by atoms with Gasteiger partial charge >= 0.3 is 0 Å². The molecule has 0 saturated heterocycles. The molecule has 1 aromatic rings. The van der Waals surface area contributed by atoms with E-state index in [-0.39, 0.29) is 5.92 Å². The van der Waals surface area contributed by atoms with Crippen molar-refractivity contribution in [2.45, 2.75) is 40.0 Å². The summed E-state index contributed by atoms with van der Waals surface area (Å²) in [5, 5.41) is 0. The second-order valence-electron chi connectivity index (χ2n) is 5.18. The fourth-order valence-electron chi connectivity index (χ4n) is 2.64. The molecule has 0 amide bonds. The molecule has 0 bridgehead atoms. The Bertz CT molecular complexity index is 406. The number of hydrogen-bond donors (Lipinski definition) is 0. The number of benzene rings is 1. The van der Waals surface area contributed by atoms with Gasteiger partial charge in [0.25, 0.3) is 0 Å². The van der Waals surface area contributed by atoms with Crippen molar-refractivity contribution in [1.29, 1.82) is 0 Å². The molecule has 2 rings (SSSR count). The van der Waals surface area contributed by atoms with Crippen LogP contribution in [-0.4, -0.2) is 5.78 Å². The van der Waals surface area contributed by atoms with Crippen LogP contribution in [0.5, 0.6) is 0 Å². The molecule has 1 fully saturated rings. The molecule has 16 heavy (non-hydrogen) atoms. The quantitative estimate of drug-likeness (QED) is 0.685. The van der Waals surface area contributed by atoms with Gasteiger partial charge in [-0.25, -0.2) is 0 Å². The van der Waals surface area contributed by atoms with Gasteiger partial charge in [0.05, 0.1) is 0 Å². The fourth-order valence-corrected chi connectivity index (χ4v) is 2.64. The Hall–Kier alpha value is -1.11. The molecule has 1 nitrogen and oxygen atoms in total. The van der Waals surface area contributed by atoms with Crippen molar-refractivity contribution in [3.63, 3.8) is 0 Å². The normalized spacial score (nSPS) is 24.7. The highest BCUT2D eigenvalue weighted by atomic mass is 16.1. The van der Waals surface area contributed by atoms with E-state index in [1.54, 1.807) is 0 Å². The molecule has 0 radical (unpaired) electrons. The van der Waals surface area contributed by atoms with Crippen LogP contribution in [0.4, 0.5) is 0 Å². The van der Waals surface area contributed by atoms with Crippen molar-refractivity contribution in [3.8, 4) is 0 Å². The third kappa shape index (κ3) is 2.04. The summed E-state index contributed by atoms with van der Waals surface area (Å²) in [5.74, 6) is 1.18. The van der Waals surface area contributed by atoms with Crippen LogP contribution in [0.3, 0.4) is 0 Å². The van der Waals surface area contributed by atoms with Gasteiger partial charge in [-0.3, -0.25) is 4.79 Å². The molecule has 2 unspecified atom stereocenters. The molecule has 1 saturated carbocycles. The highest BCUT2D eigenvalue weighted by molar-refractivity contribution is 5.98. The van der Waals surface area contributed by atoms with E-state index in [4.69, 9.17) is 0 Å². The average Bonchev–Trinajstić information content (AvgIpc) is 2.67. The topological polar surface area (TPSA) is 17.1 Å². The van der Waals surface area contributed by atoms with E-state index in [2.05, 4.69) is 26.8 Å². The highest BCUT2D eigenvalue weighted by Crippen LogP contribution is 2.33. The van der Waals surface area contributed by atoms with Crippen LogP contribution in [-0.2, 0) is 0 Å². The molecule has 1 aliphatic carbocycles. The third-order valence-corrected chi connectivity index (χ3v) is 3.99. The van der Waals surface area contributed by atoms with E-state index in [0.717, 1.165) is 12.0 Å². The van der Waals surface area contributed by atoms with Gasteiger partial charge in [0, 0.05) is 11.5 Å². The Morgan fingerprint density at radius 1 is 1.19 bits per heavy atom. The van der Waals surface area contributed by atoms with Crippen LogP contribution in [0, 0.1) is 25.7 Å². The van der Waals surface area contributed by atoms with Crippen molar-refractivity contribution >= 4 is 5.78 Å². The fraction of sp³-hybridized carbons (Fsp3) is 0.533. The lowest BCUT2D eigenvalue weighted by Gasteiger charge is -2.14. The molecule has 0 heterocycles. The van der Waals surface area contributed by atoms with Crippen LogP contribution in [0.1, 0.15) is 47.7 Å². The minimum absolute atomic E-state index is 0.266. The molecular formula is C15H20O. The van der Waals surface area contributed by atoms with Gasteiger partial charge in [-0.1, -0.05) is 25.5 Å². The number of aryl methyl sites for hydroxylation is 2. The van der Waals surface area contributed by atoms with Crippen LogP contribution in [0.25, 0.3) is 0 Å². The summed E-state index contributed by atoms with van der Waals surface area (Å²) >= 11 is 0. The third-order valence-electron chi connectivity index (χ3n) is 3.99. The smallest absolute Gasteiger partial charge is 0.166 e. The van der Waals surface area contributed by atoms with Crippen molar-refractivity contribution in [1.82, 2.24) is 0 Å². The Morgan fingerprint density at radius 3 is 2.50 bits per heavy atom. The van der Waals surface area contributed by atoms with Gasteiger partial charge in [0.1, 0.15) is 0 Å². The first-order chi connectivity index (χ1) is 7.59. The van der Waals surface area contributed by atoms with Gasteiger partial charge in [-0.05, 0) is 49.8 Å². The van der Waals surface area contributed by atoms with Crippen molar-refractivity contribution in [2.24, 2.45) is 11.8 Å². The second-order valence-corrected chi connectivity index (χ2v) is 5.18. The first-order valence-electron chi connectivity index (χ1n) is 6.21. The van der Waals surface area contributed by atoms with E-state index >= 15 is 0 Å². The molecule has 1 heteroatoms. The lowest BCUT2D eigenvalue weighted by molar-refractivity contribution is 0.0897. The number of carbonyl (C=O) groups is 1. The molecule has 1 aliphatic rings. The minimum atomic E-state index is 0.266. The van der Waals surface area contributed by atoms with Gasteiger partial charge in [0.15, 0.2) is 5.78 Å². The minimum Gasteiger partial charge on any atom is -0.294 e. The van der Waals surface area contributed by atoms with Crippen molar-refractivity contribution in [2.75, 3.05) is 0 Å². The zero-order valence-corrected chi connectivity index (χ0v) is 10.4. The molecule has 0 spiro atoms. The van der Waals surface area contributed by atoms with Crippen molar-refractivity contribution in [3.05, 3.63) is 34.9 Å². The molecule has 2 atom stereocenters. The maximum Gasteiger partial charge on any atom is 0.166 e. The largest absolute Gasteiger partial charge is 0.294 e. The van der Waals surface area contributed by atoms with E-state index < -0.39 is 0 Å². The molecule has 1 aromatic carbocycles. The van der Waals surface area contributed by atoms with E-state index in [9.17, 15) is 4.79 Å². The number of Topliss-reactive ketones (excluding diaryl/α,β-unsaturated/α-hetero) is 1. The number of ketones is 1. The number of hydrogen-bond acceptors (Lipinski definition) is 1. The Kier molecular flexibility index (Phi) is 3.13. The number of carbonyl (C=O) groups excluding carboxylic acids is 1. The zero-order valence-electron chi connectivity index (χ0n) is 10.4. The van der Waals surface area contributed by atoms with Gasteiger partial charge in [-0.2, -0.15) is 0 Å². The summed E-state index contributed by atoms with van der Waals surface area (Å²) in [5.41, 5.74) is 3.38. The van der Waals surface area contributed by atoms with Gasteiger partial charge < -0.3 is 0 Å². The lowest BCUT2D eigenvalue weighted by atomic mass is 9.88. The van der Waals surface area contributed by atoms with Crippen LogP contribution >= 0.6 is 0 Å².